The Morgan fingerprint density at radius 3 is 2.38 bits per heavy atom. The summed E-state index contributed by atoms with van der Waals surface area (Å²) in [5.74, 6) is -3.28. The first-order chi connectivity index (χ1) is 9.88. The Labute approximate surface area is 124 Å². The number of benzene rings is 2. The summed E-state index contributed by atoms with van der Waals surface area (Å²) in [5.41, 5.74) is -0.0316. The van der Waals surface area contributed by atoms with Crippen molar-refractivity contribution in [3.05, 3.63) is 64.4 Å². The van der Waals surface area contributed by atoms with Crippen molar-refractivity contribution in [1.29, 1.82) is 0 Å². The van der Waals surface area contributed by atoms with Gasteiger partial charge in [-0.1, -0.05) is 11.6 Å². The zero-order valence-corrected chi connectivity index (χ0v) is 11.6. The van der Waals surface area contributed by atoms with Gasteiger partial charge in [-0.25, -0.2) is 13.2 Å². The van der Waals surface area contributed by atoms with E-state index in [0.717, 1.165) is 24.3 Å². The number of hydrogen-bond donors (Lipinski definition) is 0. The molecule has 1 unspecified atom stereocenters. The van der Waals surface area contributed by atoms with Crippen molar-refractivity contribution in [1.82, 2.24) is 0 Å². The molecule has 2 aromatic rings. The van der Waals surface area contributed by atoms with Crippen LogP contribution in [0.25, 0.3) is 0 Å². The predicted octanol–water partition coefficient (Wildman–Crippen LogP) is 4.41. The molecule has 0 N–H and O–H groups in total. The minimum absolute atomic E-state index is 0.0316. The topological polar surface area (TPSA) is 26.3 Å². The lowest BCUT2D eigenvalue weighted by Gasteiger charge is -2.14. The fourth-order valence-electron chi connectivity index (χ4n) is 1.69. The first-order valence-electron chi connectivity index (χ1n) is 5.99. The van der Waals surface area contributed by atoms with Gasteiger partial charge in [0, 0.05) is 11.6 Å². The van der Waals surface area contributed by atoms with Gasteiger partial charge >= 0.3 is 0 Å². The molecule has 0 heterocycles. The molecule has 0 aliphatic rings. The van der Waals surface area contributed by atoms with E-state index in [0.29, 0.717) is 0 Å². The quantitative estimate of drug-likeness (QED) is 0.781. The van der Waals surface area contributed by atoms with Crippen LogP contribution in [0.4, 0.5) is 13.2 Å². The van der Waals surface area contributed by atoms with Crippen molar-refractivity contribution in [3.63, 3.8) is 0 Å². The predicted molar refractivity (Wildman–Crippen MR) is 72.2 cm³/mol. The lowest BCUT2D eigenvalue weighted by atomic mass is 10.1. The minimum atomic E-state index is -1.12. The summed E-state index contributed by atoms with van der Waals surface area (Å²) in [5, 5.41) is -0.0677. The molecule has 0 aliphatic heterocycles. The average molecular weight is 315 g/mol. The summed E-state index contributed by atoms with van der Waals surface area (Å²) >= 11 is 5.53. The van der Waals surface area contributed by atoms with Crippen LogP contribution in [0.1, 0.15) is 17.3 Å². The van der Waals surface area contributed by atoms with Gasteiger partial charge in [-0.15, -0.1) is 0 Å². The second kappa shape index (κ2) is 6.18. The van der Waals surface area contributed by atoms with E-state index in [1.165, 1.54) is 19.1 Å². The van der Waals surface area contributed by atoms with Gasteiger partial charge in [0.2, 0.25) is 5.78 Å². The Hall–Kier alpha value is -2.01. The summed E-state index contributed by atoms with van der Waals surface area (Å²) in [6.07, 6.45) is -0.990. The van der Waals surface area contributed by atoms with Crippen LogP contribution >= 0.6 is 11.6 Å². The zero-order chi connectivity index (χ0) is 15.6. The van der Waals surface area contributed by atoms with Crippen molar-refractivity contribution in [2.75, 3.05) is 0 Å². The van der Waals surface area contributed by atoms with Gasteiger partial charge in [0.1, 0.15) is 11.6 Å². The highest BCUT2D eigenvalue weighted by Gasteiger charge is 2.19. The van der Waals surface area contributed by atoms with Crippen molar-refractivity contribution in [2.24, 2.45) is 0 Å². The molecular weight excluding hydrogens is 305 g/mol. The van der Waals surface area contributed by atoms with Gasteiger partial charge < -0.3 is 4.74 Å². The van der Waals surface area contributed by atoms with Gasteiger partial charge in [0.25, 0.3) is 0 Å². The Balaban J connectivity index is 2.15. The van der Waals surface area contributed by atoms with Crippen LogP contribution in [0.3, 0.4) is 0 Å². The second-order valence-corrected chi connectivity index (χ2v) is 4.74. The maximum atomic E-state index is 13.3. The number of carbonyl (C=O) groups is 1. The van der Waals surface area contributed by atoms with Crippen molar-refractivity contribution >= 4 is 17.4 Å². The molecule has 110 valence electrons. The monoisotopic (exact) mass is 314 g/mol. The summed E-state index contributed by atoms with van der Waals surface area (Å²) in [6, 6.07) is 6.54. The molecule has 0 aromatic heterocycles. The minimum Gasteiger partial charge on any atom is -0.482 e. The van der Waals surface area contributed by atoms with Gasteiger partial charge in [0.05, 0.1) is 5.02 Å². The fraction of sp³-hybridized carbons (Fsp3) is 0.133. The molecule has 0 radical (unpaired) electrons. The number of rotatable bonds is 4. The Kier molecular flexibility index (Phi) is 4.53. The molecule has 2 nitrogen and oxygen atoms in total. The van der Waals surface area contributed by atoms with Gasteiger partial charge in [-0.05, 0) is 37.3 Å². The van der Waals surface area contributed by atoms with Gasteiger partial charge in [0.15, 0.2) is 17.7 Å². The van der Waals surface area contributed by atoms with Crippen LogP contribution in [0.5, 0.6) is 5.75 Å². The molecule has 2 aromatic carbocycles. The maximum Gasteiger partial charge on any atom is 0.203 e. The summed E-state index contributed by atoms with van der Waals surface area (Å²) < 4.78 is 44.5. The summed E-state index contributed by atoms with van der Waals surface area (Å²) in [7, 11) is 0. The highest BCUT2D eigenvalue weighted by atomic mass is 35.5. The lowest BCUT2D eigenvalue weighted by molar-refractivity contribution is 0.0817. The second-order valence-electron chi connectivity index (χ2n) is 4.33. The number of Topliss-reactive ketones (excluding diaryl/α,β-unsaturated/α-hetero) is 1. The van der Waals surface area contributed by atoms with E-state index >= 15 is 0 Å². The first kappa shape index (κ1) is 15.4. The third-order valence-electron chi connectivity index (χ3n) is 2.78. The number of ketones is 1. The molecule has 0 amide bonds. The molecule has 0 bridgehead atoms. The molecule has 0 fully saturated rings. The van der Waals surface area contributed by atoms with E-state index in [1.54, 1.807) is 0 Å². The van der Waals surface area contributed by atoms with Gasteiger partial charge in [-0.3, -0.25) is 4.79 Å². The highest BCUT2D eigenvalue weighted by Crippen LogP contribution is 2.22. The van der Waals surface area contributed by atoms with E-state index in [4.69, 9.17) is 16.3 Å². The standard InChI is InChI=1S/C15H10ClF3O2/c1-8(21-10-3-4-11(16)13(18)7-10)15(20)9-2-5-12(17)14(19)6-9/h2-8H,1H3. The highest BCUT2D eigenvalue weighted by molar-refractivity contribution is 6.30. The lowest BCUT2D eigenvalue weighted by Crippen LogP contribution is -2.24. The van der Waals surface area contributed by atoms with Crippen LogP contribution in [-0.2, 0) is 0 Å². The summed E-state index contributed by atoms with van der Waals surface area (Å²) in [4.78, 5) is 12.0. The summed E-state index contributed by atoms with van der Waals surface area (Å²) in [6.45, 7) is 1.43. The van der Waals surface area contributed by atoms with E-state index in [1.807, 2.05) is 0 Å². The van der Waals surface area contributed by atoms with E-state index in [-0.39, 0.29) is 16.3 Å². The van der Waals surface area contributed by atoms with Crippen molar-refractivity contribution in [2.45, 2.75) is 13.0 Å². The number of ether oxygens (including phenoxy) is 1. The van der Waals surface area contributed by atoms with E-state index in [2.05, 4.69) is 0 Å². The molecule has 2 rings (SSSR count). The van der Waals surface area contributed by atoms with Crippen molar-refractivity contribution < 1.29 is 22.7 Å². The van der Waals surface area contributed by atoms with E-state index in [9.17, 15) is 18.0 Å². The average Bonchev–Trinajstić information content (AvgIpc) is 2.45. The van der Waals surface area contributed by atoms with Gasteiger partial charge in [-0.2, -0.15) is 0 Å². The number of hydrogen-bond acceptors (Lipinski definition) is 2. The Bertz CT molecular complexity index is 689. The van der Waals surface area contributed by atoms with Crippen LogP contribution in [-0.4, -0.2) is 11.9 Å². The SMILES string of the molecule is CC(Oc1ccc(Cl)c(F)c1)C(=O)c1ccc(F)c(F)c1. The van der Waals surface area contributed by atoms with Crippen molar-refractivity contribution in [3.8, 4) is 5.75 Å². The number of carbonyl (C=O) groups excluding carboxylic acids is 1. The molecule has 0 spiro atoms. The maximum absolute atomic E-state index is 13.3. The third kappa shape index (κ3) is 3.55. The van der Waals surface area contributed by atoms with E-state index < -0.39 is 29.3 Å². The molecule has 21 heavy (non-hydrogen) atoms. The normalized spacial score (nSPS) is 12.0. The molecule has 0 saturated heterocycles. The molecule has 6 heteroatoms. The van der Waals surface area contributed by atoms with Crippen LogP contribution in [0, 0.1) is 17.5 Å². The molecule has 0 saturated carbocycles. The van der Waals surface area contributed by atoms with Crippen LogP contribution in [0.15, 0.2) is 36.4 Å². The molecular formula is C15H10ClF3O2. The zero-order valence-electron chi connectivity index (χ0n) is 10.9. The van der Waals surface area contributed by atoms with Crippen LogP contribution in [0.2, 0.25) is 5.02 Å². The fourth-order valence-corrected chi connectivity index (χ4v) is 1.81. The first-order valence-corrected chi connectivity index (χ1v) is 6.37. The Morgan fingerprint density at radius 2 is 1.76 bits per heavy atom. The third-order valence-corrected chi connectivity index (χ3v) is 3.08. The molecule has 1 atom stereocenters. The smallest absolute Gasteiger partial charge is 0.203 e. The van der Waals surface area contributed by atoms with Crippen LogP contribution < -0.4 is 4.74 Å². The Morgan fingerprint density at radius 1 is 1.05 bits per heavy atom. The molecule has 0 aliphatic carbocycles. The largest absolute Gasteiger partial charge is 0.482 e. The number of halogens is 4.